The summed E-state index contributed by atoms with van der Waals surface area (Å²) in [4.78, 5) is 0. The molecule has 2 nitrogen and oxygen atoms in total. The molecule has 2 N–H and O–H groups in total. The summed E-state index contributed by atoms with van der Waals surface area (Å²) in [5.74, 6) is 0.830. The predicted molar refractivity (Wildman–Crippen MR) is 89.5 cm³/mol. The van der Waals surface area contributed by atoms with E-state index in [1.54, 1.807) is 0 Å². The zero-order valence-electron chi connectivity index (χ0n) is 13.6. The van der Waals surface area contributed by atoms with Gasteiger partial charge in [-0.1, -0.05) is 37.1 Å². The van der Waals surface area contributed by atoms with Crippen molar-refractivity contribution < 1.29 is 0 Å². The lowest BCUT2D eigenvalue weighted by Gasteiger charge is -2.34. The van der Waals surface area contributed by atoms with Crippen LogP contribution in [0.25, 0.3) is 0 Å². The molecule has 1 aromatic carbocycles. The second-order valence-electron chi connectivity index (χ2n) is 7.00. The summed E-state index contributed by atoms with van der Waals surface area (Å²) in [6, 6.07) is 10.7. The van der Waals surface area contributed by atoms with Gasteiger partial charge in [-0.05, 0) is 63.1 Å². The molecule has 0 bridgehead atoms. The van der Waals surface area contributed by atoms with Crippen LogP contribution in [0.2, 0.25) is 0 Å². The fourth-order valence-corrected chi connectivity index (χ4v) is 4.41. The Labute approximate surface area is 129 Å². The van der Waals surface area contributed by atoms with Crippen LogP contribution >= 0.6 is 0 Å². The van der Waals surface area contributed by atoms with E-state index >= 15 is 0 Å². The molecule has 1 aliphatic carbocycles. The van der Waals surface area contributed by atoms with Crippen molar-refractivity contribution >= 4 is 0 Å². The Balaban J connectivity index is 1.64. The first-order valence-electron chi connectivity index (χ1n) is 8.80. The molecule has 1 saturated carbocycles. The quantitative estimate of drug-likeness (QED) is 0.875. The van der Waals surface area contributed by atoms with Crippen LogP contribution in [0.1, 0.15) is 62.6 Å². The molecule has 21 heavy (non-hydrogen) atoms. The van der Waals surface area contributed by atoms with Gasteiger partial charge in [-0.3, -0.25) is 0 Å². The number of hydrogen-bond acceptors (Lipinski definition) is 2. The molecular formula is C19H30N2. The number of piperidine rings is 1. The van der Waals surface area contributed by atoms with Crippen molar-refractivity contribution in [3.05, 3.63) is 35.4 Å². The maximum absolute atomic E-state index is 3.94. The van der Waals surface area contributed by atoms with E-state index < -0.39 is 0 Å². The summed E-state index contributed by atoms with van der Waals surface area (Å²) in [5.41, 5.74) is 2.86. The van der Waals surface area contributed by atoms with Crippen LogP contribution < -0.4 is 10.6 Å². The first kappa shape index (κ1) is 15.1. The Hall–Kier alpha value is -0.860. The second-order valence-corrected chi connectivity index (χ2v) is 7.00. The highest BCUT2D eigenvalue weighted by molar-refractivity contribution is 5.28. The summed E-state index contributed by atoms with van der Waals surface area (Å²) < 4.78 is 0. The fraction of sp³-hybridized carbons (Fsp3) is 0.684. The molecule has 2 aliphatic rings. The molecule has 2 fully saturated rings. The zero-order chi connectivity index (χ0) is 14.7. The van der Waals surface area contributed by atoms with Crippen molar-refractivity contribution in [1.29, 1.82) is 0 Å². The summed E-state index contributed by atoms with van der Waals surface area (Å²) in [7, 11) is 0. The SMILES string of the molecule is Cc1ccccc1[C@@H](C)NC1CCCC1C1CCCCN1. The maximum atomic E-state index is 3.94. The van der Waals surface area contributed by atoms with E-state index in [1.165, 1.54) is 56.2 Å². The van der Waals surface area contributed by atoms with Gasteiger partial charge in [0.25, 0.3) is 0 Å². The molecule has 0 spiro atoms. The van der Waals surface area contributed by atoms with E-state index in [-0.39, 0.29) is 0 Å². The highest BCUT2D eigenvalue weighted by Gasteiger charge is 2.34. The van der Waals surface area contributed by atoms with Crippen LogP contribution in [0.15, 0.2) is 24.3 Å². The minimum atomic E-state index is 0.459. The van der Waals surface area contributed by atoms with Crippen LogP contribution in [0.5, 0.6) is 0 Å². The van der Waals surface area contributed by atoms with Gasteiger partial charge in [-0.15, -0.1) is 0 Å². The minimum absolute atomic E-state index is 0.459. The Bertz CT molecular complexity index is 451. The third-order valence-electron chi connectivity index (χ3n) is 5.55. The van der Waals surface area contributed by atoms with E-state index in [1.807, 2.05) is 0 Å². The van der Waals surface area contributed by atoms with Gasteiger partial charge in [0.2, 0.25) is 0 Å². The Morgan fingerprint density at radius 1 is 1.10 bits per heavy atom. The van der Waals surface area contributed by atoms with Crippen LogP contribution in [0.3, 0.4) is 0 Å². The summed E-state index contributed by atoms with van der Waals surface area (Å²) in [5, 5.41) is 7.72. The molecule has 0 amide bonds. The highest BCUT2D eigenvalue weighted by atomic mass is 15.0. The van der Waals surface area contributed by atoms with Crippen molar-refractivity contribution in [2.45, 2.75) is 70.5 Å². The largest absolute Gasteiger partial charge is 0.314 e. The van der Waals surface area contributed by atoms with E-state index in [2.05, 4.69) is 48.7 Å². The molecule has 1 aromatic rings. The van der Waals surface area contributed by atoms with Crippen LogP contribution in [0.4, 0.5) is 0 Å². The lowest BCUT2D eigenvalue weighted by Crippen LogP contribution is -2.47. The van der Waals surface area contributed by atoms with E-state index in [0.717, 1.165) is 12.0 Å². The number of nitrogens with one attached hydrogen (secondary N) is 2. The normalized spacial score (nSPS) is 31.2. The van der Waals surface area contributed by atoms with Crippen molar-refractivity contribution in [2.24, 2.45) is 5.92 Å². The number of rotatable bonds is 4. The van der Waals surface area contributed by atoms with Crippen molar-refractivity contribution in [3.8, 4) is 0 Å². The van der Waals surface area contributed by atoms with Gasteiger partial charge in [0, 0.05) is 18.1 Å². The topological polar surface area (TPSA) is 24.1 Å². The van der Waals surface area contributed by atoms with Crippen LogP contribution in [-0.4, -0.2) is 18.6 Å². The van der Waals surface area contributed by atoms with Gasteiger partial charge in [-0.2, -0.15) is 0 Å². The molecular weight excluding hydrogens is 256 g/mol. The third-order valence-corrected chi connectivity index (χ3v) is 5.55. The standard InChI is InChI=1S/C19H30N2/c1-14-8-3-4-9-16(14)15(2)21-19-12-7-10-17(19)18-11-5-6-13-20-18/h3-4,8-9,15,17-21H,5-7,10-13H2,1-2H3/t15-,17?,18?,19?/m1/s1. The second kappa shape index (κ2) is 6.93. The number of hydrogen-bond donors (Lipinski definition) is 2. The Morgan fingerprint density at radius 3 is 2.71 bits per heavy atom. The predicted octanol–water partition coefficient (Wildman–Crippen LogP) is 3.96. The first-order valence-corrected chi connectivity index (χ1v) is 8.80. The van der Waals surface area contributed by atoms with Crippen molar-refractivity contribution in [1.82, 2.24) is 10.6 Å². The molecule has 1 heterocycles. The lowest BCUT2D eigenvalue weighted by molar-refractivity contribution is 0.248. The first-order chi connectivity index (χ1) is 10.3. The molecule has 4 atom stereocenters. The van der Waals surface area contributed by atoms with Crippen molar-refractivity contribution in [2.75, 3.05) is 6.54 Å². The molecule has 116 valence electrons. The highest BCUT2D eigenvalue weighted by Crippen LogP contribution is 2.33. The summed E-state index contributed by atoms with van der Waals surface area (Å²) in [6.07, 6.45) is 8.28. The average Bonchev–Trinajstić information content (AvgIpc) is 2.96. The van der Waals surface area contributed by atoms with Gasteiger partial charge >= 0.3 is 0 Å². The number of benzene rings is 1. The lowest BCUT2D eigenvalue weighted by atomic mass is 9.87. The maximum Gasteiger partial charge on any atom is 0.0297 e. The van der Waals surface area contributed by atoms with Gasteiger partial charge in [0.05, 0.1) is 0 Å². The molecule has 0 radical (unpaired) electrons. The molecule has 0 aromatic heterocycles. The van der Waals surface area contributed by atoms with E-state index in [9.17, 15) is 0 Å². The van der Waals surface area contributed by atoms with E-state index in [4.69, 9.17) is 0 Å². The molecule has 3 unspecified atom stereocenters. The van der Waals surface area contributed by atoms with Gasteiger partial charge in [0.15, 0.2) is 0 Å². The summed E-state index contributed by atoms with van der Waals surface area (Å²) in [6.45, 7) is 5.77. The molecule has 1 aliphatic heterocycles. The Morgan fingerprint density at radius 2 is 1.95 bits per heavy atom. The molecule has 1 saturated heterocycles. The number of aryl methyl sites for hydroxylation is 1. The van der Waals surface area contributed by atoms with Crippen LogP contribution in [0, 0.1) is 12.8 Å². The Kier molecular flexibility index (Phi) is 4.97. The zero-order valence-corrected chi connectivity index (χ0v) is 13.6. The smallest absolute Gasteiger partial charge is 0.0297 e. The molecule has 2 heteroatoms. The average molecular weight is 286 g/mol. The summed E-state index contributed by atoms with van der Waals surface area (Å²) >= 11 is 0. The fourth-order valence-electron chi connectivity index (χ4n) is 4.41. The van der Waals surface area contributed by atoms with Gasteiger partial charge in [0.1, 0.15) is 0 Å². The monoisotopic (exact) mass is 286 g/mol. The van der Waals surface area contributed by atoms with Gasteiger partial charge < -0.3 is 10.6 Å². The molecule has 3 rings (SSSR count). The van der Waals surface area contributed by atoms with Crippen LogP contribution in [-0.2, 0) is 0 Å². The minimum Gasteiger partial charge on any atom is -0.314 e. The van der Waals surface area contributed by atoms with E-state index in [0.29, 0.717) is 12.1 Å². The van der Waals surface area contributed by atoms with Crippen molar-refractivity contribution in [3.63, 3.8) is 0 Å². The third kappa shape index (κ3) is 3.49. The van der Waals surface area contributed by atoms with Gasteiger partial charge in [-0.25, -0.2) is 0 Å².